The number of para-hydroxylation sites is 2. The largest absolute Gasteiger partial charge is 0.243 e. The predicted molar refractivity (Wildman–Crippen MR) is 110 cm³/mol. The predicted octanol–water partition coefficient (Wildman–Crippen LogP) is 5.13. The first-order valence-electron chi connectivity index (χ1n) is 8.81. The molecule has 3 aromatic carbocycles. The van der Waals surface area contributed by atoms with Crippen LogP contribution in [0.5, 0.6) is 0 Å². The molecule has 0 spiro atoms. The van der Waals surface area contributed by atoms with Crippen molar-refractivity contribution in [3.8, 4) is 11.3 Å². The Labute approximate surface area is 156 Å². The summed E-state index contributed by atoms with van der Waals surface area (Å²) < 4.78 is 1.87. The molecule has 4 heteroatoms. The molecule has 0 radical (unpaired) electrons. The highest BCUT2D eigenvalue weighted by Gasteiger charge is 2.13. The second-order valence-corrected chi connectivity index (χ2v) is 6.28. The van der Waals surface area contributed by atoms with Gasteiger partial charge in [0.2, 0.25) is 0 Å². The smallest absolute Gasteiger partial charge is 0.180 e. The molecular weight excluding hydrogens is 332 g/mol. The van der Waals surface area contributed by atoms with Gasteiger partial charge in [0.1, 0.15) is 5.52 Å². The Morgan fingerprint density at radius 3 is 2.04 bits per heavy atom. The van der Waals surface area contributed by atoms with Crippen molar-refractivity contribution in [2.24, 2.45) is 5.10 Å². The highest BCUT2D eigenvalue weighted by Crippen LogP contribution is 2.27. The fourth-order valence-corrected chi connectivity index (χ4v) is 3.16. The van der Waals surface area contributed by atoms with Crippen molar-refractivity contribution in [1.82, 2.24) is 14.6 Å². The molecule has 0 N–H and O–H groups in total. The minimum Gasteiger partial charge on any atom is -0.243 e. The third-order valence-electron chi connectivity index (χ3n) is 4.47. The summed E-state index contributed by atoms with van der Waals surface area (Å²) in [5, 5.41) is 4.74. The highest BCUT2D eigenvalue weighted by molar-refractivity contribution is 5.89. The molecule has 0 bridgehead atoms. The quantitative estimate of drug-likeness (QED) is 0.424. The Kier molecular flexibility index (Phi) is 3.72. The first-order valence-corrected chi connectivity index (χ1v) is 8.81. The lowest BCUT2D eigenvalue weighted by Crippen LogP contribution is -1.96. The lowest BCUT2D eigenvalue weighted by Gasteiger charge is -2.04. The Bertz CT molecular complexity index is 1260. The van der Waals surface area contributed by atoms with Crippen LogP contribution < -0.4 is 0 Å². The molecule has 0 aliphatic heterocycles. The van der Waals surface area contributed by atoms with Crippen LogP contribution in [0.25, 0.3) is 33.5 Å². The van der Waals surface area contributed by atoms with Crippen LogP contribution in [0, 0.1) is 0 Å². The lowest BCUT2D eigenvalue weighted by molar-refractivity contribution is 0.926. The van der Waals surface area contributed by atoms with Gasteiger partial charge in [0.15, 0.2) is 5.65 Å². The Hall–Kier alpha value is -3.79. The van der Waals surface area contributed by atoms with E-state index in [1.165, 1.54) is 0 Å². The summed E-state index contributed by atoms with van der Waals surface area (Å²) in [6.45, 7) is 0. The average molecular weight is 348 g/mol. The van der Waals surface area contributed by atoms with Crippen LogP contribution in [0.1, 0.15) is 5.56 Å². The average Bonchev–Trinajstić information content (AvgIpc) is 3.09. The van der Waals surface area contributed by atoms with Crippen molar-refractivity contribution in [2.75, 3.05) is 0 Å². The van der Waals surface area contributed by atoms with Crippen molar-refractivity contribution in [3.63, 3.8) is 0 Å². The zero-order valence-corrected chi connectivity index (χ0v) is 14.5. The number of aromatic nitrogens is 3. The van der Waals surface area contributed by atoms with Gasteiger partial charge in [-0.25, -0.2) is 14.6 Å². The molecule has 0 unspecified atom stereocenters. The molecule has 2 aromatic heterocycles. The molecule has 0 fully saturated rings. The maximum absolute atomic E-state index is 4.82. The van der Waals surface area contributed by atoms with Gasteiger partial charge in [0.05, 0.1) is 22.9 Å². The van der Waals surface area contributed by atoms with E-state index in [2.05, 4.69) is 12.1 Å². The van der Waals surface area contributed by atoms with Crippen molar-refractivity contribution in [3.05, 3.63) is 96.6 Å². The molecular formula is C23H16N4. The standard InChI is InChI=1S/C23H16N4/c1-3-9-17(10-4-1)16-24-27-22(18-11-5-2-6-12-18)15-21-23(27)26-20-14-8-7-13-19(20)25-21/h1-16H/b24-16+. The fourth-order valence-electron chi connectivity index (χ4n) is 3.16. The van der Waals surface area contributed by atoms with Crippen LogP contribution in [0.2, 0.25) is 0 Å². The van der Waals surface area contributed by atoms with Crippen molar-refractivity contribution >= 4 is 28.4 Å². The van der Waals surface area contributed by atoms with Crippen LogP contribution in [0.4, 0.5) is 0 Å². The van der Waals surface area contributed by atoms with Crippen molar-refractivity contribution < 1.29 is 0 Å². The highest BCUT2D eigenvalue weighted by atomic mass is 15.4. The van der Waals surface area contributed by atoms with E-state index in [0.29, 0.717) is 0 Å². The van der Waals surface area contributed by atoms with E-state index >= 15 is 0 Å². The Morgan fingerprint density at radius 2 is 1.30 bits per heavy atom. The summed E-state index contributed by atoms with van der Waals surface area (Å²) in [5.41, 5.74) is 6.40. The van der Waals surface area contributed by atoms with E-state index < -0.39 is 0 Å². The molecule has 0 saturated heterocycles. The van der Waals surface area contributed by atoms with Gasteiger partial charge in [-0.15, -0.1) is 0 Å². The van der Waals surface area contributed by atoms with Gasteiger partial charge in [-0.2, -0.15) is 5.10 Å². The van der Waals surface area contributed by atoms with Gasteiger partial charge in [0, 0.05) is 5.56 Å². The van der Waals surface area contributed by atoms with Crippen LogP contribution in [-0.4, -0.2) is 20.9 Å². The van der Waals surface area contributed by atoms with E-state index in [1.807, 2.05) is 89.8 Å². The second-order valence-electron chi connectivity index (χ2n) is 6.28. The summed E-state index contributed by atoms with van der Waals surface area (Å²) in [6, 6.07) is 30.2. The van der Waals surface area contributed by atoms with Gasteiger partial charge in [-0.05, 0) is 23.8 Å². The summed E-state index contributed by atoms with van der Waals surface area (Å²) in [4.78, 5) is 9.61. The minimum atomic E-state index is 0.750. The molecule has 0 aliphatic rings. The van der Waals surface area contributed by atoms with E-state index in [9.17, 15) is 0 Å². The van der Waals surface area contributed by atoms with Crippen LogP contribution in [0.15, 0.2) is 96.1 Å². The van der Waals surface area contributed by atoms with Crippen LogP contribution in [-0.2, 0) is 0 Å². The Balaban J connectivity index is 1.76. The summed E-state index contributed by atoms with van der Waals surface area (Å²) in [6.07, 6.45) is 1.85. The molecule has 0 amide bonds. The molecule has 5 aromatic rings. The number of benzene rings is 3. The molecule has 27 heavy (non-hydrogen) atoms. The van der Waals surface area contributed by atoms with Crippen LogP contribution in [0.3, 0.4) is 0 Å². The SMILES string of the molecule is C(=N\n1c(-c2ccccc2)cc2nc3ccccc3nc21)/c1ccccc1. The molecule has 0 saturated carbocycles. The van der Waals surface area contributed by atoms with Crippen molar-refractivity contribution in [2.45, 2.75) is 0 Å². The third-order valence-corrected chi connectivity index (χ3v) is 4.47. The van der Waals surface area contributed by atoms with Gasteiger partial charge in [-0.1, -0.05) is 72.8 Å². The minimum absolute atomic E-state index is 0.750. The fraction of sp³-hybridized carbons (Fsp3) is 0. The monoisotopic (exact) mass is 348 g/mol. The number of hydrogen-bond donors (Lipinski definition) is 0. The molecule has 0 atom stereocenters. The first kappa shape index (κ1) is 15.5. The molecule has 2 heterocycles. The maximum atomic E-state index is 4.82. The molecule has 0 aliphatic carbocycles. The number of fused-ring (bicyclic) bond motifs is 2. The summed E-state index contributed by atoms with van der Waals surface area (Å²) in [5.74, 6) is 0. The van der Waals surface area contributed by atoms with Gasteiger partial charge in [-0.3, -0.25) is 0 Å². The van der Waals surface area contributed by atoms with Gasteiger partial charge < -0.3 is 0 Å². The number of nitrogens with zero attached hydrogens (tertiary/aromatic N) is 4. The second kappa shape index (κ2) is 6.50. The molecule has 128 valence electrons. The first-order chi connectivity index (χ1) is 13.4. The third kappa shape index (κ3) is 2.87. The van der Waals surface area contributed by atoms with Gasteiger partial charge in [0.25, 0.3) is 0 Å². The van der Waals surface area contributed by atoms with Crippen molar-refractivity contribution in [1.29, 1.82) is 0 Å². The zero-order valence-electron chi connectivity index (χ0n) is 14.5. The number of rotatable bonds is 3. The number of hydrogen-bond acceptors (Lipinski definition) is 3. The summed E-state index contributed by atoms with van der Waals surface area (Å²) >= 11 is 0. The van der Waals surface area contributed by atoms with E-state index in [-0.39, 0.29) is 0 Å². The van der Waals surface area contributed by atoms with Gasteiger partial charge >= 0.3 is 0 Å². The van der Waals surface area contributed by atoms with E-state index in [0.717, 1.165) is 39.0 Å². The van der Waals surface area contributed by atoms with Crippen LogP contribution >= 0.6 is 0 Å². The normalized spacial score (nSPS) is 11.6. The van der Waals surface area contributed by atoms with E-state index in [4.69, 9.17) is 15.1 Å². The Morgan fingerprint density at radius 1 is 0.667 bits per heavy atom. The maximum Gasteiger partial charge on any atom is 0.180 e. The molecule has 4 nitrogen and oxygen atoms in total. The molecule has 5 rings (SSSR count). The topological polar surface area (TPSA) is 43.1 Å². The lowest BCUT2D eigenvalue weighted by atomic mass is 10.1. The zero-order chi connectivity index (χ0) is 18.1. The summed E-state index contributed by atoms with van der Waals surface area (Å²) in [7, 11) is 0. The van der Waals surface area contributed by atoms with E-state index in [1.54, 1.807) is 0 Å².